The predicted octanol–water partition coefficient (Wildman–Crippen LogP) is 5.32. The largest absolute Gasteiger partial charge is 0.497 e. The van der Waals surface area contributed by atoms with Crippen molar-refractivity contribution in [3.05, 3.63) is 77.2 Å². The molecule has 0 saturated carbocycles. The van der Waals surface area contributed by atoms with Crippen LogP contribution in [0.3, 0.4) is 0 Å². The summed E-state index contributed by atoms with van der Waals surface area (Å²) >= 11 is 7.44. The Kier molecular flexibility index (Phi) is 6.60. The number of methoxy groups -OCH3 is 1. The second kappa shape index (κ2) is 9.95. The highest BCUT2D eigenvalue weighted by molar-refractivity contribution is 7.99. The maximum absolute atomic E-state index is 13.2. The van der Waals surface area contributed by atoms with Crippen LogP contribution in [-0.4, -0.2) is 40.1 Å². The Bertz CT molecular complexity index is 1290. The SMILES string of the molecule is COc1ccc2c(c1)CCCN2C(=O)CSc1nnc(-c2ccc(Cl)cc2)n1Cc1ccco1. The van der Waals surface area contributed by atoms with Gasteiger partial charge in [0, 0.05) is 22.8 Å². The number of halogens is 1. The summed E-state index contributed by atoms with van der Waals surface area (Å²) in [5.41, 5.74) is 2.98. The number of nitrogens with zero attached hydrogens (tertiary/aromatic N) is 4. The molecule has 0 bridgehead atoms. The number of hydrogen-bond donors (Lipinski definition) is 0. The number of aromatic nitrogens is 3. The van der Waals surface area contributed by atoms with Crippen LogP contribution in [0.5, 0.6) is 5.75 Å². The maximum Gasteiger partial charge on any atom is 0.237 e. The van der Waals surface area contributed by atoms with E-state index in [1.54, 1.807) is 13.4 Å². The minimum Gasteiger partial charge on any atom is -0.497 e. The number of carbonyl (C=O) groups excluding carboxylic acids is 1. The molecule has 2 aromatic heterocycles. The molecule has 1 aliphatic rings. The Hall–Kier alpha value is -3.23. The molecule has 5 rings (SSSR count). The molecule has 2 aromatic carbocycles. The van der Waals surface area contributed by atoms with E-state index in [4.69, 9.17) is 20.8 Å². The molecular formula is C25H23ClN4O3S. The van der Waals surface area contributed by atoms with Gasteiger partial charge in [0.2, 0.25) is 5.91 Å². The standard InChI is InChI=1S/C25H23ClN4O3S/c1-32-20-10-11-22-18(14-20)4-2-12-29(22)23(31)16-34-25-28-27-24(17-6-8-19(26)9-7-17)30(25)15-21-5-3-13-33-21/h3,5-11,13-14H,2,4,12,15-16H2,1H3. The highest BCUT2D eigenvalue weighted by atomic mass is 35.5. The molecule has 1 aliphatic heterocycles. The van der Waals surface area contributed by atoms with E-state index in [0.29, 0.717) is 29.1 Å². The zero-order chi connectivity index (χ0) is 23.5. The van der Waals surface area contributed by atoms with Gasteiger partial charge in [-0.2, -0.15) is 0 Å². The molecule has 7 nitrogen and oxygen atoms in total. The first-order valence-corrected chi connectivity index (χ1v) is 12.3. The molecule has 0 radical (unpaired) electrons. The number of furan rings is 1. The zero-order valence-corrected chi connectivity index (χ0v) is 20.2. The minimum atomic E-state index is 0.0386. The number of aryl methyl sites for hydroxylation is 1. The summed E-state index contributed by atoms with van der Waals surface area (Å²) in [6, 6.07) is 17.1. The monoisotopic (exact) mass is 494 g/mol. The van der Waals surface area contributed by atoms with E-state index >= 15 is 0 Å². The van der Waals surface area contributed by atoms with Crippen molar-refractivity contribution >= 4 is 35.0 Å². The number of benzene rings is 2. The first kappa shape index (κ1) is 22.6. The Morgan fingerprint density at radius 1 is 1.18 bits per heavy atom. The number of anilines is 1. The van der Waals surface area contributed by atoms with Gasteiger partial charge in [-0.3, -0.25) is 9.36 Å². The average Bonchev–Trinajstić information content (AvgIpc) is 3.53. The Balaban J connectivity index is 1.37. The summed E-state index contributed by atoms with van der Waals surface area (Å²) in [6.07, 6.45) is 3.50. The zero-order valence-electron chi connectivity index (χ0n) is 18.6. The molecule has 0 unspecified atom stereocenters. The fraction of sp³-hybridized carbons (Fsp3) is 0.240. The molecule has 0 fully saturated rings. The summed E-state index contributed by atoms with van der Waals surface area (Å²) in [4.78, 5) is 15.1. The number of fused-ring (bicyclic) bond motifs is 1. The molecule has 0 spiro atoms. The van der Waals surface area contributed by atoms with Crippen molar-refractivity contribution in [2.75, 3.05) is 24.3 Å². The normalized spacial score (nSPS) is 13.1. The summed E-state index contributed by atoms with van der Waals surface area (Å²) < 4.78 is 12.9. The molecular weight excluding hydrogens is 472 g/mol. The molecule has 0 N–H and O–H groups in total. The lowest BCUT2D eigenvalue weighted by molar-refractivity contribution is -0.116. The molecule has 9 heteroatoms. The molecule has 174 valence electrons. The van der Waals surface area contributed by atoms with Crippen molar-refractivity contribution in [1.29, 1.82) is 0 Å². The van der Waals surface area contributed by atoms with Crippen molar-refractivity contribution in [1.82, 2.24) is 14.8 Å². The van der Waals surface area contributed by atoms with Crippen LogP contribution in [0.15, 0.2) is 70.4 Å². The van der Waals surface area contributed by atoms with E-state index in [9.17, 15) is 4.79 Å². The van der Waals surface area contributed by atoms with Crippen molar-refractivity contribution in [2.24, 2.45) is 0 Å². The van der Waals surface area contributed by atoms with Gasteiger partial charge in [0.25, 0.3) is 0 Å². The second-order valence-corrected chi connectivity index (χ2v) is 9.29. The molecule has 3 heterocycles. The average molecular weight is 495 g/mol. The highest BCUT2D eigenvalue weighted by Crippen LogP contribution is 2.32. The van der Waals surface area contributed by atoms with Crippen LogP contribution >= 0.6 is 23.4 Å². The third kappa shape index (κ3) is 4.69. The van der Waals surface area contributed by atoms with Crippen LogP contribution < -0.4 is 9.64 Å². The Morgan fingerprint density at radius 2 is 2.03 bits per heavy atom. The highest BCUT2D eigenvalue weighted by Gasteiger charge is 2.24. The van der Waals surface area contributed by atoms with Gasteiger partial charge in [0.1, 0.15) is 11.5 Å². The van der Waals surface area contributed by atoms with Gasteiger partial charge in [0.05, 0.1) is 25.7 Å². The first-order chi connectivity index (χ1) is 16.6. The van der Waals surface area contributed by atoms with Gasteiger partial charge < -0.3 is 14.1 Å². The molecule has 0 atom stereocenters. The van der Waals surface area contributed by atoms with Crippen LogP contribution in [0.2, 0.25) is 5.02 Å². The van der Waals surface area contributed by atoms with Crippen molar-refractivity contribution in [2.45, 2.75) is 24.5 Å². The van der Waals surface area contributed by atoms with Crippen LogP contribution in [0.4, 0.5) is 5.69 Å². The molecule has 0 saturated heterocycles. The first-order valence-electron chi connectivity index (χ1n) is 10.9. The van der Waals surface area contributed by atoms with E-state index in [0.717, 1.165) is 41.2 Å². The van der Waals surface area contributed by atoms with Crippen molar-refractivity contribution < 1.29 is 13.9 Å². The van der Waals surface area contributed by atoms with Gasteiger partial charge in [-0.05, 0) is 73.0 Å². The smallest absolute Gasteiger partial charge is 0.237 e. The second-order valence-electron chi connectivity index (χ2n) is 7.91. The Labute approximate surface area is 206 Å². The van der Waals surface area contributed by atoms with Crippen molar-refractivity contribution in [3.63, 3.8) is 0 Å². The fourth-order valence-electron chi connectivity index (χ4n) is 4.07. The fourth-order valence-corrected chi connectivity index (χ4v) is 5.01. The van der Waals surface area contributed by atoms with Gasteiger partial charge in [-0.15, -0.1) is 10.2 Å². The number of thioether (sulfide) groups is 1. The van der Waals surface area contributed by atoms with Gasteiger partial charge in [0.15, 0.2) is 11.0 Å². The molecule has 4 aromatic rings. The third-order valence-electron chi connectivity index (χ3n) is 5.74. The molecule has 34 heavy (non-hydrogen) atoms. The van der Waals surface area contributed by atoms with Crippen LogP contribution in [0.25, 0.3) is 11.4 Å². The minimum absolute atomic E-state index is 0.0386. The predicted molar refractivity (Wildman–Crippen MR) is 133 cm³/mol. The number of carbonyl (C=O) groups is 1. The van der Waals surface area contributed by atoms with E-state index < -0.39 is 0 Å². The Morgan fingerprint density at radius 3 is 2.79 bits per heavy atom. The quantitative estimate of drug-likeness (QED) is 0.324. The van der Waals surface area contributed by atoms with Crippen LogP contribution in [0.1, 0.15) is 17.7 Å². The molecule has 0 aliphatic carbocycles. The lowest BCUT2D eigenvalue weighted by atomic mass is 10.0. The summed E-state index contributed by atoms with van der Waals surface area (Å²) in [6.45, 7) is 1.16. The van der Waals surface area contributed by atoms with E-state index in [1.165, 1.54) is 11.8 Å². The van der Waals surface area contributed by atoms with Crippen molar-refractivity contribution in [3.8, 4) is 17.1 Å². The molecule has 1 amide bonds. The van der Waals surface area contributed by atoms with E-state index in [-0.39, 0.29) is 11.7 Å². The van der Waals surface area contributed by atoms with Crippen LogP contribution in [0, 0.1) is 0 Å². The third-order valence-corrected chi connectivity index (χ3v) is 6.95. The summed E-state index contributed by atoms with van der Waals surface area (Å²) in [7, 11) is 1.65. The van der Waals surface area contributed by atoms with Gasteiger partial charge in [-0.1, -0.05) is 23.4 Å². The topological polar surface area (TPSA) is 73.4 Å². The van der Waals surface area contributed by atoms with E-state index in [2.05, 4.69) is 10.2 Å². The lowest BCUT2D eigenvalue weighted by Gasteiger charge is -2.29. The number of rotatable bonds is 7. The maximum atomic E-state index is 13.2. The number of hydrogen-bond acceptors (Lipinski definition) is 6. The van der Waals surface area contributed by atoms with E-state index in [1.807, 2.05) is 64.1 Å². The van der Waals surface area contributed by atoms with Crippen LogP contribution in [-0.2, 0) is 17.8 Å². The summed E-state index contributed by atoms with van der Waals surface area (Å²) in [5, 5.41) is 10.1. The van der Waals surface area contributed by atoms with Gasteiger partial charge >= 0.3 is 0 Å². The lowest BCUT2D eigenvalue weighted by Crippen LogP contribution is -2.36. The number of amides is 1. The van der Waals surface area contributed by atoms with Gasteiger partial charge in [-0.25, -0.2) is 0 Å². The number of ether oxygens (including phenoxy) is 1. The summed E-state index contributed by atoms with van der Waals surface area (Å²) in [5.74, 6) is 2.57.